The van der Waals surface area contributed by atoms with Gasteiger partial charge < -0.3 is 19.9 Å². The summed E-state index contributed by atoms with van der Waals surface area (Å²) in [6.07, 6.45) is 0. The predicted molar refractivity (Wildman–Crippen MR) is 102 cm³/mol. The highest BCUT2D eigenvalue weighted by Gasteiger charge is 2.14. The molecule has 3 rings (SSSR count). The summed E-state index contributed by atoms with van der Waals surface area (Å²) in [6, 6.07) is 14.9. The fourth-order valence-electron chi connectivity index (χ4n) is 2.62. The van der Waals surface area contributed by atoms with Crippen LogP contribution in [0.5, 0.6) is 5.75 Å². The fraction of sp³-hybridized carbons (Fsp3) is 0.263. The molecule has 0 radical (unpaired) electrons. The number of hydrogen-bond acceptors (Lipinski definition) is 4. The lowest BCUT2D eigenvalue weighted by Crippen LogP contribution is -2.33. The zero-order valence-corrected chi connectivity index (χ0v) is 15.3. The maximum Gasteiger partial charge on any atom is 0.240 e. The number of halogens is 1. The number of para-hydroxylation sites is 2. The maximum absolute atomic E-state index is 12.2. The molecule has 3 aromatic rings. The van der Waals surface area contributed by atoms with E-state index in [1.807, 2.05) is 35.9 Å². The highest BCUT2D eigenvalue weighted by atomic mass is 35.5. The van der Waals surface area contributed by atoms with Gasteiger partial charge in [-0.2, -0.15) is 0 Å². The van der Waals surface area contributed by atoms with Gasteiger partial charge in [-0.25, -0.2) is 4.98 Å². The average molecular weight is 373 g/mol. The van der Waals surface area contributed by atoms with E-state index in [2.05, 4.69) is 15.6 Å². The summed E-state index contributed by atoms with van der Waals surface area (Å²) in [4.78, 5) is 16.9. The molecule has 26 heavy (non-hydrogen) atoms. The molecule has 0 aliphatic carbocycles. The number of imidazole rings is 1. The second-order valence-corrected chi connectivity index (χ2v) is 6.24. The van der Waals surface area contributed by atoms with Crippen molar-refractivity contribution in [3.63, 3.8) is 0 Å². The fourth-order valence-corrected chi connectivity index (χ4v) is 2.74. The Balaban J connectivity index is 1.77. The minimum atomic E-state index is -0.0591. The lowest BCUT2D eigenvalue weighted by Gasteiger charge is -2.11. The number of benzene rings is 2. The molecule has 2 N–H and O–H groups in total. The molecule has 0 aliphatic rings. The number of carbonyl (C=O) groups excluding carboxylic acids is 1. The number of rotatable bonds is 8. The van der Waals surface area contributed by atoms with E-state index in [0.717, 1.165) is 17.6 Å². The topological polar surface area (TPSA) is 68.2 Å². The maximum atomic E-state index is 12.2. The van der Waals surface area contributed by atoms with Crippen molar-refractivity contribution in [2.24, 2.45) is 0 Å². The van der Waals surface area contributed by atoms with Crippen molar-refractivity contribution in [2.45, 2.75) is 13.2 Å². The summed E-state index contributed by atoms with van der Waals surface area (Å²) >= 11 is 5.90. The Hall–Kier alpha value is -2.57. The molecule has 0 bridgehead atoms. The molecule has 0 unspecified atom stereocenters. The summed E-state index contributed by atoms with van der Waals surface area (Å²) in [5.41, 5.74) is 1.75. The van der Waals surface area contributed by atoms with Gasteiger partial charge in [0.25, 0.3) is 0 Å². The molecule has 6 nitrogen and oxygen atoms in total. The predicted octanol–water partition coefficient (Wildman–Crippen LogP) is 2.60. The molecular weight excluding hydrogens is 352 g/mol. The smallest absolute Gasteiger partial charge is 0.240 e. The van der Waals surface area contributed by atoms with Gasteiger partial charge in [-0.1, -0.05) is 23.7 Å². The molecule has 0 spiro atoms. The molecular formula is C19H21ClN4O2. The van der Waals surface area contributed by atoms with Gasteiger partial charge in [0.05, 0.1) is 11.0 Å². The van der Waals surface area contributed by atoms with Gasteiger partial charge in [0.1, 0.15) is 24.7 Å². The minimum absolute atomic E-state index is 0.0591. The van der Waals surface area contributed by atoms with E-state index < -0.39 is 0 Å². The molecule has 0 saturated carbocycles. The Morgan fingerprint density at radius 1 is 1.15 bits per heavy atom. The van der Waals surface area contributed by atoms with E-state index >= 15 is 0 Å². The van der Waals surface area contributed by atoms with Crippen LogP contribution in [0.2, 0.25) is 5.02 Å². The van der Waals surface area contributed by atoms with Crippen LogP contribution in [0.25, 0.3) is 11.0 Å². The molecule has 136 valence electrons. The standard InChI is InChI=1S/C19H21ClN4O2/c1-21-10-11-22-19(25)12-24-17-5-3-2-4-16(17)23-18(24)13-26-15-8-6-14(20)7-9-15/h2-9,21H,10-13H2,1H3,(H,22,25). The summed E-state index contributed by atoms with van der Waals surface area (Å²) in [7, 11) is 1.85. The summed E-state index contributed by atoms with van der Waals surface area (Å²) in [5.74, 6) is 1.34. The second-order valence-electron chi connectivity index (χ2n) is 5.80. The lowest BCUT2D eigenvalue weighted by molar-refractivity contribution is -0.121. The van der Waals surface area contributed by atoms with Crippen molar-refractivity contribution < 1.29 is 9.53 Å². The number of fused-ring (bicyclic) bond motifs is 1. The van der Waals surface area contributed by atoms with Gasteiger partial charge in [0, 0.05) is 18.1 Å². The first-order chi connectivity index (χ1) is 12.7. The van der Waals surface area contributed by atoms with Gasteiger partial charge in [0.15, 0.2) is 0 Å². The largest absolute Gasteiger partial charge is 0.486 e. The number of hydrogen-bond donors (Lipinski definition) is 2. The highest BCUT2D eigenvalue weighted by Crippen LogP contribution is 2.19. The molecule has 0 aliphatic heterocycles. The van der Waals surface area contributed by atoms with Crippen LogP contribution >= 0.6 is 11.6 Å². The quantitative estimate of drug-likeness (QED) is 0.596. The molecule has 2 aromatic carbocycles. The number of nitrogens with one attached hydrogen (secondary N) is 2. The Labute approximate surface area is 157 Å². The zero-order chi connectivity index (χ0) is 18.4. The van der Waals surface area contributed by atoms with E-state index in [-0.39, 0.29) is 19.1 Å². The molecule has 0 atom stereocenters. The van der Waals surface area contributed by atoms with Crippen LogP contribution in [0.3, 0.4) is 0 Å². The van der Waals surface area contributed by atoms with Crippen molar-refractivity contribution in [3.05, 3.63) is 59.4 Å². The second kappa shape index (κ2) is 8.69. The third-order valence-corrected chi connectivity index (χ3v) is 4.17. The summed E-state index contributed by atoms with van der Waals surface area (Å²) in [5, 5.41) is 6.55. The Bertz CT molecular complexity index is 877. The zero-order valence-electron chi connectivity index (χ0n) is 14.5. The van der Waals surface area contributed by atoms with Gasteiger partial charge in [-0.3, -0.25) is 4.79 Å². The first-order valence-corrected chi connectivity index (χ1v) is 8.79. The third kappa shape index (κ3) is 4.53. The first-order valence-electron chi connectivity index (χ1n) is 8.41. The first kappa shape index (κ1) is 18.2. The summed E-state index contributed by atoms with van der Waals surface area (Å²) in [6.45, 7) is 1.77. The molecule has 1 aromatic heterocycles. The van der Waals surface area contributed by atoms with Crippen molar-refractivity contribution >= 4 is 28.5 Å². The van der Waals surface area contributed by atoms with E-state index in [4.69, 9.17) is 16.3 Å². The van der Waals surface area contributed by atoms with Crippen LogP contribution in [0, 0.1) is 0 Å². The normalized spacial score (nSPS) is 10.8. The number of amides is 1. The number of aromatic nitrogens is 2. The van der Waals surface area contributed by atoms with Crippen molar-refractivity contribution in [1.29, 1.82) is 0 Å². The van der Waals surface area contributed by atoms with E-state index in [1.165, 1.54) is 0 Å². The molecule has 0 saturated heterocycles. The molecule has 1 amide bonds. The highest BCUT2D eigenvalue weighted by molar-refractivity contribution is 6.30. The number of ether oxygens (including phenoxy) is 1. The van der Waals surface area contributed by atoms with Crippen LogP contribution < -0.4 is 15.4 Å². The van der Waals surface area contributed by atoms with Gasteiger partial charge in [0.2, 0.25) is 5.91 Å². The summed E-state index contributed by atoms with van der Waals surface area (Å²) < 4.78 is 7.70. The van der Waals surface area contributed by atoms with E-state index in [1.54, 1.807) is 24.3 Å². The van der Waals surface area contributed by atoms with Crippen LogP contribution in [0.1, 0.15) is 5.82 Å². The van der Waals surface area contributed by atoms with Gasteiger partial charge in [-0.15, -0.1) is 0 Å². The van der Waals surface area contributed by atoms with E-state index in [0.29, 0.717) is 23.1 Å². The Morgan fingerprint density at radius 2 is 1.92 bits per heavy atom. The number of carbonyl (C=O) groups is 1. The average Bonchev–Trinajstić information content (AvgIpc) is 2.99. The van der Waals surface area contributed by atoms with Crippen molar-refractivity contribution in [1.82, 2.24) is 20.2 Å². The number of nitrogens with zero attached hydrogens (tertiary/aromatic N) is 2. The lowest BCUT2D eigenvalue weighted by atomic mass is 10.3. The van der Waals surface area contributed by atoms with Crippen LogP contribution in [0.4, 0.5) is 0 Å². The van der Waals surface area contributed by atoms with E-state index in [9.17, 15) is 4.79 Å². The minimum Gasteiger partial charge on any atom is -0.486 e. The molecule has 0 fully saturated rings. The molecule has 1 heterocycles. The van der Waals surface area contributed by atoms with Crippen molar-refractivity contribution in [2.75, 3.05) is 20.1 Å². The van der Waals surface area contributed by atoms with Gasteiger partial charge >= 0.3 is 0 Å². The SMILES string of the molecule is CNCCNC(=O)Cn1c(COc2ccc(Cl)cc2)nc2ccccc21. The van der Waals surface area contributed by atoms with Gasteiger partial charge in [-0.05, 0) is 43.4 Å². The van der Waals surface area contributed by atoms with Crippen LogP contribution in [-0.2, 0) is 17.9 Å². The monoisotopic (exact) mass is 372 g/mol. The number of likely N-dealkylation sites (N-methyl/N-ethyl adjacent to an activating group) is 1. The molecule has 7 heteroatoms. The van der Waals surface area contributed by atoms with Crippen LogP contribution in [-0.4, -0.2) is 35.6 Å². The Kier molecular flexibility index (Phi) is 6.09. The van der Waals surface area contributed by atoms with Crippen molar-refractivity contribution in [3.8, 4) is 5.75 Å². The van der Waals surface area contributed by atoms with Crippen LogP contribution in [0.15, 0.2) is 48.5 Å². The Morgan fingerprint density at radius 3 is 2.69 bits per heavy atom. The third-order valence-electron chi connectivity index (χ3n) is 3.91.